The number of benzene rings is 1. The van der Waals surface area contributed by atoms with Crippen LogP contribution in [0.3, 0.4) is 0 Å². The fourth-order valence-corrected chi connectivity index (χ4v) is 2.00. The Morgan fingerprint density at radius 2 is 1.90 bits per heavy atom. The summed E-state index contributed by atoms with van der Waals surface area (Å²) in [6, 6.07) is 9.97. The van der Waals surface area contributed by atoms with Crippen molar-refractivity contribution in [1.82, 2.24) is 5.32 Å². The standard InChI is InChI=1S/C16H19FN2O2/c17-13-6-4-12(5-7-13)15-9-8-14(21-15)11-19-10-2-1-3-16(18)20/h4-9,19H,1-3,10-11H2,(H2,18,20). The first-order valence-electron chi connectivity index (χ1n) is 6.99. The first kappa shape index (κ1) is 15.3. The van der Waals surface area contributed by atoms with E-state index in [0.29, 0.717) is 13.0 Å². The minimum absolute atomic E-state index is 0.259. The Morgan fingerprint density at radius 1 is 1.14 bits per heavy atom. The highest BCUT2D eigenvalue weighted by Gasteiger charge is 2.04. The van der Waals surface area contributed by atoms with Crippen LogP contribution in [0.4, 0.5) is 4.39 Å². The van der Waals surface area contributed by atoms with Crippen molar-refractivity contribution < 1.29 is 13.6 Å². The zero-order valence-electron chi connectivity index (χ0n) is 11.8. The van der Waals surface area contributed by atoms with E-state index in [4.69, 9.17) is 10.2 Å². The number of halogens is 1. The van der Waals surface area contributed by atoms with Gasteiger partial charge in [0.05, 0.1) is 6.54 Å². The Bertz CT molecular complexity index is 578. The lowest BCUT2D eigenvalue weighted by atomic mass is 10.2. The number of hydrogen-bond donors (Lipinski definition) is 2. The van der Waals surface area contributed by atoms with Gasteiger partial charge in [0.25, 0.3) is 0 Å². The maximum absolute atomic E-state index is 12.9. The fraction of sp³-hybridized carbons (Fsp3) is 0.312. The number of rotatable bonds is 8. The second-order valence-corrected chi connectivity index (χ2v) is 4.87. The molecule has 0 saturated heterocycles. The van der Waals surface area contributed by atoms with Gasteiger partial charge in [-0.3, -0.25) is 4.79 Å². The molecule has 1 aromatic heterocycles. The van der Waals surface area contributed by atoms with E-state index in [9.17, 15) is 9.18 Å². The molecule has 5 heteroatoms. The molecule has 3 N–H and O–H groups in total. The summed E-state index contributed by atoms with van der Waals surface area (Å²) in [5.41, 5.74) is 5.92. The minimum atomic E-state index is -0.261. The van der Waals surface area contributed by atoms with Gasteiger partial charge in [0.2, 0.25) is 5.91 Å². The molecule has 0 radical (unpaired) electrons. The molecule has 0 aliphatic rings. The molecule has 1 aromatic carbocycles. The molecule has 1 amide bonds. The molecule has 2 rings (SSSR count). The summed E-state index contributed by atoms with van der Waals surface area (Å²) in [5, 5.41) is 3.24. The number of amides is 1. The molecule has 112 valence electrons. The van der Waals surface area contributed by atoms with Crippen molar-refractivity contribution in [3.05, 3.63) is 48.0 Å². The van der Waals surface area contributed by atoms with E-state index in [1.165, 1.54) is 12.1 Å². The highest BCUT2D eigenvalue weighted by Crippen LogP contribution is 2.22. The predicted octanol–water partition coefficient (Wildman–Crippen LogP) is 2.83. The van der Waals surface area contributed by atoms with Gasteiger partial charge in [-0.05, 0) is 55.8 Å². The van der Waals surface area contributed by atoms with Gasteiger partial charge in [-0.25, -0.2) is 4.39 Å². The van der Waals surface area contributed by atoms with E-state index < -0.39 is 0 Å². The minimum Gasteiger partial charge on any atom is -0.460 e. The van der Waals surface area contributed by atoms with Gasteiger partial charge in [-0.2, -0.15) is 0 Å². The van der Waals surface area contributed by atoms with Gasteiger partial charge in [0.1, 0.15) is 17.3 Å². The molecule has 0 spiro atoms. The number of nitrogens with one attached hydrogen (secondary N) is 1. The lowest BCUT2D eigenvalue weighted by Gasteiger charge is -2.02. The Kier molecular flexibility index (Phi) is 5.51. The highest BCUT2D eigenvalue weighted by atomic mass is 19.1. The first-order valence-corrected chi connectivity index (χ1v) is 6.99. The van der Waals surface area contributed by atoms with Crippen LogP contribution in [0, 0.1) is 5.82 Å². The first-order chi connectivity index (χ1) is 10.1. The average Bonchev–Trinajstić information content (AvgIpc) is 2.92. The number of carbonyl (C=O) groups excluding carboxylic acids is 1. The summed E-state index contributed by atoms with van der Waals surface area (Å²) in [4.78, 5) is 10.6. The number of nitrogens with two attached hydrogens (primary N) is 1. The van der Waals surface area contributed by atoms with Crippen LogP contribution in [0.25, 0.3) is 11.3 Å². The van der Waals surface area contributed by atoms with E-state index in [0.717, 1.165) is 36.5 Å². The molecule has 0 unspecified atom stereocenters. The zero-order chi connectivity index (χ0) is 15.1. The van der Waals surface area contributed by atoms with Crippen LogP contribution in [-0.2, 0) is 11.3 Å². The van der Waals surface area contributed by atoms with Crippen LogP contribution in [-0.4, -0.2) is 12.5 Å². The molecule has 0 aliphatic heterocycles. The van der Waals surface area contributed by atoms with Gasteiger partial charge in [0, 0.05) is 12.0 Å². The van der Waals surface area contributed by atoms with E-state index in [-0.39, 0.29) is 11.7 Å². The van der Waals surface area contributed by atoms with Crippen molar-refractivity contribution in [1.29, 1.82) is 0 Å². The van der Waals surface area contributed by atoms with Gasteiger partial charge in [-0.1, -0.05) is 0 Å². The topological polar surface area (TPSA) is 68.3 Å². The van der Waals surface area contributed by atoms with Crippen LogP contribution < -0.4 is 11.1 Å². The van der Waals surface area contributed by atoms with E-state index in [2.05, 4.69) is 5.32 Å². The largest absolute Gasteiger partial charge is 0.460 e. The molecular weight excluding hydrogens is 271 g/mol. The lowest BCUT2D eigenvalue weighted by molar-refractivity contribution is -0.118. The van der Waals surface area contributed by atoms with E-state index >= 15 is 0 Å². The molecule has 0 fully saturated rings. The van der Waals surface area contributed by atoms with Crippen molar-refractivity contribution in [3.63, 3.8) is 0 Å². The molecule has 0 aliphatic carbocycles. The summed E-state index contributed by atoms with van der Waals surface area (Å²) >= 11 is 0. The summed E-state index contributed by atoms with van der Waals surface area (Å²) in [5.74, 6) is 1.03. The fourth-order valence-electron chi connectivity index (χ4n) is 2.00. The van der Waals surface area contributed by atoms with Crippen LogP contribution in [0.1, 0.15) is 25.0 Å². The molecular formula is C16H19FN2O2. The summed E-state index contributed by atoms with van der Waals surface area (Å²) in [7, 11) is 0. The van der Waals surface area contributed by atoms with E-state index in [1.54, 1.807) is 12.1 Å². The number of unbranched alkanes of at least 4 members (excludes halogenated alkanes) is 1. The highest BCUT2D eigenvalue weighted by molar-refractivity contribution is 5.73. The van der Waals surface area contributed by atoms with Crippen LogP contribution in [0.2, 0.25) is 0 Å². The Hall–Kier alpha value is -2.14. The summed E-state index contributed by atoms with van der Waals surface area (Å²) in [6.45, 7) is 1.43. The second kappa shape index (κ2) is 7.59. The van der Waals surface area contributed by atoms with Gasteiger partial charge >= 0.3 is 0 Å². The van der Waals surface area contributed by atoms with E-state index in [1.807, 2.05) is 12.1 Å². The quantitative estimate of drug-likeness (QED) is 0.735. The van der Waals surface area contributed by atoms with Crippen LogP contribution >= 0.6 is 0 Å². The number of primary amides is 1. The number of carbonyl (C=O) groups is 1. The van der Waals surface area contributed by atoms with Crippen molar-refractivity contribution in [2.24, 2.45) is 5.73 Å². The third-order valence-corrected chi connectivity index (χ3v) is 3.12. The molecule has 0 saturated carbocycles. The Balaban J connectivity index is 1.76. The van der Waals surface area contributed by atoms with Crippen molar-refractivity contribution in [3.8, 4) is 11.3 Å². The zero-order valence-corrected chi connectivity index (χ0v) is 11.8. The van der Waals surface area contributed by atoms with Crippen molar-refractivity contribution in [2.45, 2.75) is 25.8 Å². The molecule has 0 atom stereocenters. The Morgan fingerprint density at radius 3 is 2.62 bits per heavy atom. The predicted molar refractivity (Wildman–Crippen MR) is 78.9 cm³/mol. The Labute approximate surface area is 123 Å². The maximum atomic E-state index is 12.9. The van der Waals surface area contributed by atoms with Crippen LogP contribution in [0.15, 0.2) is 40.8 Å². The maximum Gasteiger partial charge on any atom is 0.217 e. The van der Waals surface area contributed by atoms with Gasteiger partial charge in [0.15, 0.2) is 0 Å². The third-order valence-electron chi connectivity index (χ3n) is 3.12. The monoisotopic (exact) mass is 290 g/mol. The average molecular weight is 290 g/mol. The summed E-state index contributed by atoms with van der Waals surface area (Å²) in [6.07, 6.45) is 2.12. The number of hydrogen-bond acceptors (Lipinski definition) is 3. The molecule has 21 heavy (non-hydrogen) atoms. The third kappa shape index (κ3) is 5.04. The van der Waals surface area contributed by atoms with Crippen molar-refractivity contribution >= 4 is 5.91 Å². The number of furan rings is 1. The lowest BCUT2D eigenvalue weighted by Crippen LogP contribution is -2.15. The molecule has 1 heterocycles. The smallest absolute Gasteiger partial charge is 0.217 e. The molecule has 4 nitrogen and oxygen atoms in total. The van der Waals surface area contributed by atoms with Gasteiger partial charge < -0.3 is 15.5 Å². The molecule has 2 aromatic rings. The second-order valence-electron chi connectivity index (χ2n) is 4.87. The van der Waals surface area contributed by atoms with Crippen molar-refractivity contribution in [2.75, 3.05) is 6.54 Å². The summed E-state index contributed by atoms with van der Waals surface area (Å²) < 4.78 is 18.6. The normalized spacial score (nSPS) is 10.7. The SMILES string of the molecule is NC(=O)CCCCNCc1ccc(-c2ccc(F)cc2)o1. The van der Waals surface area contributed by atoms with Crippen LogP contribution in [0.5, 0.6) is 0 Å². The molecule has 0 bridgehead atoms. The van der Waals surface area contributed by atoms with Gasteiger partial charge in [-0.15, -0.1) is 0 Å².